The van der Waals surface area contributed by atoms with Crippen molar-refractivity contribution in [3.8, 4) is 0 Å². The van der Waals surface area contributed by atoms with Crippen LogP contribution in [0, 0.1) is 5.82 Å². The highest BCUT2D eigenvalue weighted by atomic mass is 19.1. The fourth-order valence-corrected chi connectivity index (χ4v) is 0.734. The van der Waals surface area contributed by atoms with E-state index in [1.165, 1.54) is 6.07 Å². The van der Waals surface area contributed by atoms with Gasteiger partial charge in [0.25, 0.3) is 0 Å². The predicted octanol–water partition coefficient (Wildman–Crippen LogP) is -1.75. The molecule has 13 heavy (non-hydrogen) atoms. The van der Waals surface area contributed by atoms with Crippen molar-refractivity contribution in [1.29, 1.82) is 0 Å². The van der Waals surface area contributed by atoms with E-state index in [0.29, 0.717) is 18.3 Å². The maximum Gasteiger partial charge on any atom is 0.145 e. The van der Waals surface area contributed by atoms with E-state index in [1.54, 1.807) is 19.2 Å². The average Bonchev–Trinajstić information content (AvgIpc) is 2.08. The van der Waals surface area contributed by atoms with Crippen LogP contribution in [0.5, 0.6) is 0 Å². The normalized spacial score (nSPS) is 7.69. The van der Waals surface area contributed by atoms with Gasteiger partial charge in [0.15, 0.2) is 0 Å². The summed E-state index contributed by atoms with van der Waals surface area (Å²) in [4.78, 5) is 0. The molecule has 0 unspecified atom stereocenters. The minimum Gasteiger partial charge on any atom is -1.00 e. The number of alkyl halides is 1. The summed E-state index contributed by atoms with van der Waals surface area (Å²) in [5.41, 5.74) is 0.908. The van der Waals surface area contributed by atoms with E-state index in [2.05, 4.69) is 5.32 Å². The molecule has 0 aliphatic heterocycles. The van der Waals surface area contributed by atoms with Crippen LogP contribution in [0.1, 0.15) is 0 Å². The maximum atomic E-state index is 12.7. The Morgan fingerprint density at radius 2 is 1.85 bits per heavy atom. The number of hydrogen-bond donors (Lipinski definition) is 1. The van der Waals surface area contributed by atoms with Gasteiger partial charge in [-0.3, -0.25) is 4.39 Å². The third-order valence-corrected chi connectivity index (χ3v) is 1.26. The Labute approximate surface area is 76.9 Å². The lowest BCUT2D eigenvalue weighted by molar-refractivity contribution is -0.00000344. The lowest BCUT2D eigenvalue weighted by Gasteiger charge is -2.01. The third kappa shape index (κ3) is 4.45. The Morgan fingerprint density at radius 1 is 1.31 bits per heavy atom. The Morgan fingerprint density at radius 3 is 2.23 bits per heavy atom. The first kappa shape index (κ1) is 14.4. The molecule has 0 saturated carbocycles. The second kappa shape index (κ2) is 7.52. The summed E-state index contributed by atoms with van der Waals surface area (Å²) in [6.07, 6.45) is 0. The van der Waals surface area contributed by atoms with E-state index in [-0.39, 0.29) is 10.5 Å². The number of rotatable bonds is 1. The maximum absolute atomic E-state index is 12.7. The molecule has 1 rings (SSSR count). The molecule has 5 heteroatoms. The van der Waals surface area contributed by atoms with Crippen LogP contribution < -0.4 is 15.5 Å². The van der Waals surface area contributed by atoms with E-state index >= 15 is 0 Å². The van der Waals surface area contributed by atoms with E-state index in [9.17, 15) is 8.78 Å². The Hall–Kier alpha value is -1.13. The molecule has 0 aliphatic rings. The second-order valence-electron chi connectivity index (χ2n) is 1.99. The summed E-state index contributed by atoms with van der Waals surface area (Å²) < 4.78 is 22.2. The summed E-state index contributed by atoms with van der Waals surface area (Å²) in [5.74, 6) is -0.317. The zero-order chi connectivity index (χ0) is 9.56. The van der Waals surface area contributed by atoms with Gasteiger partial charge in [-0.05, 0) is 12.1 Å². The summed E-state index contributed by atoms with van der Waals surface area (Å²) in [7, 11) is 7.48. The van der Waals surface area contributed by atoms with Crippen molar-refractivity contribution in [2.45, 2.75) is 0 Å². The Kier molecular flexibility index (Phi) is 8.33. The van der Waals surface area contributed by atoms with Crippen molar-refractivity contribution >= 4 is 19.0 Å². The Bertz CT molecular complexity index is 243. The third-order valence-electron chi connectivity index (χ3n) is 1.26. The molecule has 1 N–H and O–H groups in total. The van der Waals surface area contributed by atoms with Crippen LogP contribution >= 0.6 is 0 Å². The van der Waals surface area contributed by atoms with E-state index < -0.39 is 0 Å². The monoisotopic (exact) mass is 188 g/mol. The van der Waals surface area contributed by atoms with Gasteiger partial charge in [-0.1, -0.05) is 11.5 Å². The van der Waals surface area contributed by atoms with Crippen LogP contribution in [-0.2, 0) is 0 Å². The van der Waals surface area contributed by atoms with Crippen LogP contribution in [0.25, 0.3) is 0 Å². The molecule has 1 aromatic carbocycles. The van der Waals surface area contributed by atoms with Gasteiger partial charge < -0.3 is 10.0 Å². The van der Waals surface area contributed by atoms with E-state index in [0.717, 1.165) is 0 Å². The van der Waals surface area contributed by atoms with Gasteiger partial charge in [0.1, 0.15) is 13.7 Å². The van der Waals surface area contributed by atoms with Crippen molar-refractivity contribution in [3.05, 3.63) is 24.0 Å². The number of halogens is 3. The van der Waals surface area contributed by atoms with Gasteiger partial charge in [0, 0.05) is 7.05 Å². The summed E-state index contributed by atoms with van der Waals surface area (Å²) in [5, 5.41) is 2.69. The minimum atomic E-state index is -0.317. The molecular formula is C8H10BF3N-. The summed E-state index contributed by atoms with van der Waals surface area (Å²) in [6, 6.07) is 4.53. The quantitative estimate of drug-likeness (QED) is 0.515. The van der Waals surface area contributed by atoms with Gasteiger partial charge in [-0.25, -0.2) is 4.39 Å². The predicted molar refractivity (Wildman–Crippen MR) is 48.4 cm³/mol. The molecule has 0 amide bonds. The van der Waals surface area contributed by atoms with Gasteiger partial charge in [0.2, 0.25) is 0 Å². The highest BCUT2D eigenvalue weighted by Gasteiger charge is 1.96. The minimum absolute atomic E-state index is 0. The van der Waals surface area contributed by atoms with Crippen LogP contribution in [0.3, 0.4) is 0 Å². The first-order valence-corrected chi connectivity index (χ1v) is 3.34. The van der Waals surface area contributed by atoms with Crippen molar-refractivity contribution in [2.24, 2.45) is 0 Å². The van der Waals surface area contributed by atoms with Gasteiger partial charge in [-0.2, -0.15) is 0 Å². The zero-order valence-corrected chi connectivity index (χ0v) is 7.44. The lowest BCUT2D eigenvalue weighted by Crippen LogP contribution is -3.00. The molecule has 2 radical (unpaired) electrons. The van der Waals surface area contributed by atoms with Gasteiger partial charge in [-0.15, -0.1) is 0 Å². The average molecular weight is 188 g/mol. The lowest BCUT2D eigenvalue weighted by atomic mass is 9.96. The van der Waals surface area contributed by atoms with Crippen LogP contribution in [0.2, 0.25) is 0 Å². The SMILES string of the molecule is CF.[B]c1ccc(NC)c(F)c1.[F-]. The molecule has 0 saturated heterocycles. The molecule has 1 aromatic rings. The topological polar surface area (TPSA) is 12.0 Å². The fourth-order valence-electron chi connectivity index (χ4n) is 0.734. The van der Waals surface area contributed by atoms with Crippen molar-refractivity contribution in [3.63, 3.8) is 0 Å². The number of nitrogens with one attached hydrogen (secondary N) is 1. The van der Waals surface area contributed by atoms with Crippen LogP contribution in [0.4, 0.5) is 14.5 Å². The smallest absolute Gasteiger partial charge is 0.145 e. The zero-order valence-electron chi connectivity index (χ0n) is 7.44. The number of hydrogen-bond acceptors (Lipinski definition) is 1. The largest absolute Gasteiger partial charge is 1.00 e. The molecule has 0 aromatic heterocycles. The highest BCUT2D eigenvalue weighted by Crippen LogP contribution is 2.08. The van der Waals surface area contributed by atoms with Crippen molar-refractivity contribution in [2.75, 3.05) is 19.5 Å². The molecule has 72 valence electrons. The first-order chi connectivity index (χ1) is 5.74. The van der Waals surface area contributed by atoms with Crippen LogP contribution in [-0.4, -0.2) is 22.1 Å². The first-order valence-electron chi connectivity index (χ1n) is 3.34. The Balaban J connectivity index is 0. The number of anilines is 1. The van der Waals surface area contributed by atoms with Gasteiger partial charge >= 0.3 is 0 Å². The molecular weight excluding hydrogens is 178 g/mol. The van der Waals surface area contributed by atoms with Crippen molar-refractivity contribution in [1.82, 2.24) is 0 Å². The fraction of sp³-hybridized carbons (Fsp3) is 0.250. The molecule has 0 atom stereocenters. The highest BCUT2D eigenvalue weighted by molar-refractivity contribution is 6.32. The summed E-state index contributed by atoms with van der Waals surface area (Å²) in [6.45, 7) is 0. The molecule has 0 spiro atoms. The summed E-state index contributed by atoms with van der Waals surface area (Å²) >= 11 is 0. The standard InChI is InChI=1S/C7H7BFN.CH3F.FH/c1-10-7-3-2-5(8)4-6(7)9;1-2;/h2-4,10H,1H3;1H3;1H/p-1. The molecule has 0 bridgehead atoms. The van der Waals surface area contributed by atoms with Crippen molar-refractivity contribution < 1.29 is 13.5 Å². The van der Waals surface area contributed by atoms with E-state index in [4.69, 9.17) is 7.85 Å². The second-order valence-corrected chi connectivity index (χ2v) is 1.99. The molecule has 0 heterocycles. The number of benzene rings is 1. The van der Waals surface area contributed by atoms with Crippen LogP contribution in [0.15, 0.2) is 18.2 Å². The molecule has 1 nitrogen and oxygen atoms in total. The van der Waals surface area contributed by atoms with Gasteiger partial charge in [0.05, 0.1) is 12.9 Å². The molecule has 0 aliphatic carbocycles. The van der Waals surface area contributed by atoms with E-state index in [1.807, 2.05) is 0 Å². The molecule has 0 fully saturated rings.